The predicted molar refractivity (Wildman–Crippen MR) is 111 cm³/mol. The van der Waals surface area contributed by atoms with Crippen LogP contribution in [0.15, 0.2) is 60.0 Å². The van der Waals surface area contributed by atoms with Crippen LogP contribution in [-0.4, -0.2) is 37.3 Å². The quantitative estimate of drug-likeness (QED) is 0.506. The van der Waals surface area contributed by atoms with Gasteiger partial charge in [-0.2, -0.15) is 0 Å². The van der Waals surface area contributed by atoms with Gasteiger partial charge < -0.3 is 5.32 Å². The molecule has 6 nitrogen and oxygen atoms in total. The summed E-state index contributed by atoms with van der Waals surface area (Å²) >= 11 is 1.42. The second-order valence-electron chi connectivity index (χ2n) is 7.09. The van der Waals surface area contributed by atoms with E-state index in [1.807, 2.05) is 64.2 Å². The van der Waals surface area contributed by atoms with Gasteiger partial charge in [0.2, 0.25) is 11.1 Å². The molecule has 0 unspecified atom stereocenters. The molecule has 1 saturated carbocycles. The van der Waals surface area contributed by atoms with Gasteiger partial charge in [-0.1, -0.05) is 67.8 Å². The van der Waals surface area contributed by atoms with E-state index in [0.29, 0.717) is 17.0 Å². The highest BCUT2D eigenvalue weighted by atomic mass is 32.2. The van der Waals surface area contributed by atoms with Crippen molar-refractivity contribution in [2.45, 2.75) is 49.7 Å². The number of benzene rings is 1. The minimum atomic E-state index is 0.0696. The lowest BCUT2D eigenvalue weighted by Gasteiger charge is -2.16. The van der Waals surface area contributed by atoms with Crippen LogP contribution in [0.5, 0.6) is 0 Å². The van der Waals surface area contributed by atoms with Gasteiger partial charge in [-0.05, 0) is 25.0 Å². The highest BCUT2D eigenvalue weighted by Gasteiger charge is 2.18. The predicted octanol–water partition coefficient (Wildman–Crippen LogP) is 3.99. The van der Waals surface area contributed by atoms with Crippen LogP contribution < -0.4 is 5.32 Å². The molecule has 1 fully saturated rings. The fourth-order valence-electron chi connectivity index (χ4n) is 3.61. The number of nitrogens with one attached hydrogen (secondary N) is 1. The molecule has 0 spiro atoms. The number of nitrogens with zero attached hydrogens (tertiary/aromatic N) is 4. The Kier molecular flexibility index (Phi) is 6.11. The van der Waals surface area contributed by atoms with Crippen molar-refractivity contribution in [1.29, 1.82) is 0 Å². The van der Waals surface area contributed by atoms with Gasteiger partial charge in [0.1, 0.15) is 0 Å². The lowest BCUT2D eigenvalue weighted by Crippen LogP contribution is -2.35. The average Bonchev–Trinajstić information content (AvgIpc) is 3.32. The van der Waals surface area contributed by atoms with E-state index in [4.69, 9.17) is 0 Å². The van der Waals surface area contributed by atoms with E-state index in [1.165, 1.54) is 37.4 Å². The summed E-state index contributed by atoms with van der Waals surface area (Å²) in [5, 5.41) is 12.6. The first-order chi connectivity index (χ1) is 13.8. The first-order valence-corrected chi connectivity index (χ1v) is 10.9. The van der Waals surface area contributed by atoms with Crippen LogP contribution in [0.1, 0.15) is 38.5 Å². The van der Waals surface area contributed by atoms with Crippen LogP contribution in [0, 0.1) is 0 Å². The van der Waals surface area contributed by atoms with E-state index in [2.05, 4.69) is 15.5 Å². The molecule has 0 atom stereocenters. The summed E-state index contributed by atoms with van der Waals surface area (Å²) in [6.45, 7) is 0. The maximum Gasteiger partial charge on any atom is 0.230 e. The minimum Gasteiger partial charge on any atom is -0.353 e. The fourth-order valence-corrected chi connectivity index (χ4v) is 4.36. The largest absolute Gasteiger partial charge is 0.353 e. The third-order valence-electron chi connectivity index (χ3n) is 5.02. The molecule has 2 aromatic heterocycles. The Labute approximate surface area is 169 Å². The van der Waals surface area contributed by atoms with Gasteiger partial charge in [0.05, 0.1) is 5.75 Å². The monoisotopic (exact) mass is 395 g/mol. The van der Waals surface area contributed by atoms with Gasteiger partial charge in [-0.3, -0.25) is 9.47 Å². The summed E-state index contributed by atoms with van der Waals surface area (Å²) in [4.78, 5) is 12.5. The van der Waals surface area contributed by atoms with E-state index in [1.54, 1.807) is 0 Å². The molecule has 0 saturated heterocycles. The Bertz CT molecular complexity index is 883. The topological polar surface area (TPSA) is 64.7 Å². The Hall–Kier alpha value is -2.54. The Morgan fingerprint density at radius 1 is 1.00 bits per heavy atom. The number of hydrogen-bond acceptors (Lipinski definition) is 4. The molecule has 146 valence electrons. The van der Waals surface area contributed by atoms with E-state index >= 15 is 0 Å². The number of carbonyl (C=O) groups excluding carboxylic acids is 1. The van der Waals surface area contributed by atoms with Gasteiger partial charge in [0.15, 0.2) is 5.82 Å². The Morgan fingerprint density at radius 2 is 1.71 bits per heavy atom. The van der Waals surface area contributed by atoms with Crippen LogP contribution in [0.25, 0.3) is 11.4 Å². The number of rotatable bonds is 6. The number of thioether (sulfide) groups is 1. The SMILES string of the molecule is O=C(CSc1nnc(-c2ccccc2)n1-n1cccc1)NC1CCCCCC1. The van der Waals surface area contributed by atoms with Crippen molar-refractivity contribution in [3.63, 3.8) is 0 Å². The first kappa shape index (κ1) is 18.8. The van der Waals surface area contributed by atoms with Crippen LogP contribution in [0.4, 0.5) is 0 Å². The van der Waals surface area contributed by atoms with Gasteiger partial charge in [-0.15, -0.1) is 10.2 Å². The zero-order chi connectivity index (χ0) is 19.2. The molecule has 1 aromatic carbocycles. The molecule has 1 aliphatic carbocycles. The van der Waals surface area contributed by atoms with Gasteiger partial charge in [-0.25, -0.2) is 4.68 Å². The lowest BCUT2D eigenvalue weighted by molar-refractivity contribution is -0.119. The molecular weight excluding hydrogens is 370 g/mol. The normalized spacial score (nSPS) is 15.3. The molecule has 1 N–H and O–H groups in total. The molecule has 4 rings (SSSR count). The van der Waals surface area contributed by atoms with Crippen molar-refractivity contribution in [3.05, 3.63) is 54.9 Å². The summed E-state index contributed by atoms with van der Waals surface area (Å²) in [5.41, 5.74) is 0.985. The van der Waals surface area contributed by atoms with Crippen LogP contribution in [-0.2, 0) is 4.79 Å². The molecule has 0 bridgehead atoms. The summed E-state index contributed by atoms with van der Waals surface area (Å²) in [6, 6.07) is 14.2. The molecule has 0 radical (unpaired) electrons. The summed E-state index contributed by atoms with van der Waals surface area (Å²) in [6.07, 6.45) is 11.1. The van der Waals surface area contributed by atoms with Crippen LogP contribution in [0.2, 0.25) is 0 Å². The van der Waals surface area contributed by atoms with Crippen molar-refractivity contribution in [2.24, 2.45) is 0 Å². The minimum absolute atomic E-state index is 0.0696. The van der Waals surface area contributed by atoms with E-state index in [9.17, 15) is 4.79 Å². The summed E-state index contributed by atoms with van der Waals surface area (Å²) in [5.74, 6) is 1.16. The van der Waals surface area contributed by atoms with Gasteiger partial charge in [0.25, 0.3) is 0 Å². The van der Waals surface area contributed by atoms with Crippen molar-refractivity contribution in [1.82, 2.24) is 24.9 Å². The number of aromatic nitrogens is 4. The highest BCUT2D eigenvalue weighted by Crippen LogP contribution is 2.24. The number of carbonyl (C=O) groups is 1. The smallest absolute Gasteiger partial charge is 0.230 e. The highest BCUT2D eigenvalue weighted by molar-refractivity contribution is 7.99. The number of amides is 1. The standard InChI is InChI=1S/C21H25N5OS/c27-19(22-18-12-6-1-2-7-13-18)16-28-21-24-23-20(17-10-4-3-5-11-17)26(21)25-14-8-9-15-25/h3-5,8-11,14-15,18H,1-2,6-7,12-13,16H2,(H,22,27). The average molecular weight is 396 g/mol. The molecule has 0 aliphatic heterocycles. The van der Waals surface area contributed by atoms with Gasteiger partial charge in [0, 0.05) is 24.0 Å². The van der Waals surface area contributed by atoms with E-state index in [0.717, 1.165) is 24.2 Å². The number of hydrogen-bond donors (Lipinski definition) is 1. The van der Waals surface area contributed by atoms with Crippen molar-refractivity contribution < 1.29 is 4.79 Å². The van der Waals surface area contributed by atoms with E-state index < -0.39 is 0 Å². The molecule has 1 amide bonds. The summed E-state index contributed by atoms with van der Waals surface area (Å²) in [7, 11) is 0. The molecule has 7 heteroatoms. The van der Waals surface area contributed by atoms with Crippen LogP contribution >= 0.6 is 11.8 Å². The Balaban J connectivity index is 1.48. The fraction of sp³-hybridized carbons (Fsp3) is 0.381. The van der Waals surface area contributed by atoms with Crippen LogP contribution in [0.3, 0.4) is 0 Å². The molecular formula is C21H25N5OS. The maximum atomic E-state index is 12.5. The van der Waals surface area contributed by atoms with Crippen molar-refractivity contribution in [3.8, 4) is 11.4 Å². The zero-order valence-corrected chi connectivity index (χ0v) is 16.6. The molecule has 2 heterocycles. The zero-order valence-electron chi connectivity index (χ0n) is 15.8. The second kappa shape index (κ2) is 9.10. The third-order valence-corrected chi connectivity index (χ3v) is 5.94. The van der Waals surface area contributed by atoms with Crippen molar-refractivity contribution >= 4 is 17.7 Å². The first-order valence-electron chi connectivity index (χ1n) is 9.88. The second-order valence-corrected chi connectivity index (χ2v) is 8.03. The maximum absolute atomic E-state index is 12.5. The van der Waals surface area contributed by atoms with Gasteiger partial charge >= 0.3 is 0 Å². The van der Waals surface area contributed by atoms with E-state index in [-0.39, 0.29) is 5.91 Å². The third kappa shape index (κ3) is 4.47. The van der Waals surface area contributed by atoms with Crippen molar-refractivity contribution in [2.75, 3.05) is 5.75 Å². The Morgan fingerprint density at radius 3 is 2.43 bits per heavy atom. The molecule has 28 heavy (non-hydrogen) atoms. The summed E-state index contributed by atoms with van der Waals surface area (Å²) < 4.78 is 3.88. The molecule has 1 aliphatic rings. The lowest BCUT2D eigenvalue weighted by atomic mass is 10.1. The molecule has 3 aromatic rings.